The van der Waals surface area contributed by atoms with Crippen molar-refractivity contribution in [1.29, 1.82) is 0 Å². The molecule has 5 aromatic rings. The van der Waals surface area contributed by atoms with Crippen molar-refractivity contribution in [2.24, 2.45) is 0 Å². The molecule has 55 heavy (non-hydrogen) atoms. The van der Waals surface area contributed by atoms with Gasteiger partial charge in [0.15, 0.2) is 23.0 Å². The lowest BCUT2D eigenvalue weighted by atomic mass is 9.90. The van der Waals surface area contributed by atoms with Crippen LogP contribution < -0.4 is 10.6 Å². The Morgan fingerprint density at radius 2 is 1.15 bits per heavy atom. The van der Waals surface area contributed by atoms with Crippen molar-refractivity contribution in [3.8, 4) is 28.7 Å². The van der Waals surface area contributed by atoms with E-state index in [0.717, 1.165) is 30.0 Å². The molecule has 0 bridgehead atoms. The number of aromatic hydroxyl groups is 5. The molecule has 0 spiro atoms. The number of carbonyl (C=O) groups is 2. The molecule has 8 N–H and O–H groups in total. The number of hydrogen-bond acceptors (Lipinski definition) is 8. The van der Waals surface area contributed by atoms with E-state index in [1.807, 2.05) is 48.5 Å². The Labute approximate surface area is 320 Å². The van der Waals surface area contributed by atoms with Crippen LogP contribution in [0.15, 0.2) is 78.9 Å². The highest BCUT2D eigenvalue weighted by Gasteiger charge is 2.25. The van der Waals surface area contributed by atoms with E-state index in [9.17, 15) is 40.2 Å². The van der Waals surface area contributed by atoms with Gasteiger partial charge in [0.25, 0.3) is 11.8 Å². The van der Waals surface area contributed by atoms with E-state index in [1.54, 1.807) is 26.0 Å². The minimum atomic E-state index is -0.680. The summed E-state index contributed by atoms with van der Waals surface area (Å²) < 4.78 is 0. The fourth-order valence-corrected chi connectivity index (χ4v) is 6.69. The molecule has 2 amide bonds. The molecule has 0 aliphatic rings. The van der Waals surface area contributed by atoms with Gasteiger partial charge in [0.1, 0.15) is 11.5 Å². The average molecular weight is 745 g/mol. The molecule has 0 saturated carbocycles. The van der Waals surface area contributed by atoms with E-state index in [2.05, 4.69) is 31.1 Å². The molecule has 0 unspecified atom stereocenters. The van der Waals surface area contributed by atoms with Gasteiger partial charge in [0.2, 0.25) is 0 Å². The molecule has 10 nitrogen and oxygen atoms in total. The van der Waals surface area contributed by atoms with Crippen LogP contribution in [0.5, 0.6) is 28.7 Å². The maximum atomic E-state index is 13.6. The molecular weight excluding hydrogens is 697 g/mol. The van der Waals surface area contributed by atoms with Crippen LogP contribution >= 0.6 is 0 Å². The first-order chi connectivity index (χ1) is 26.2. The molecular formula is C45H48N2O8. The van der Waals surface area contributed by atoms with Gasteiger partial charge in [-0.25, -0.2) is 0 Å². The molecule has 5 rings (SSSR count). The van der Waals surface area contributed by atoms with Crippen LogP contribution in [0.1, 0.15) is 86.0 Å². The zero-order chi connectivity index (χ0) is 40.0. The van der Waals surface area contributed by atoms with Gasteiger partial charge < -0.3 is 41.3 Å². The van der Waals surface area contributed by atoms with Crippen molar-refractivity contribution < 1.29 is 40.2 Å². The topological polar surface area (TPSA) is 180 Å². The van der Waals surface area contributed by atoms with Crippen molar-refractivity contribution in [1.82, 2.24) is 10.6 Å². The van der Waals surface area contributed by atoms with Gasteiger partial charge in [-0.1, -0.05) is 80.6 Å². The molecule has 0 atom stereocenters. The van der Waals surface area contributed by atoms with Crippen LogP contribution in [0, 0.1) is 6.92 Å². The molecule has 0 heterocycles. The number of fused-ring (bicyclic) bond motifs is 1. The number of hydrogen-bond donors (Lipinski definition) is 8. The summed E-state index contributed by atoms with van der Waals surface area (Å²) in [7, 11) is 0. The summed E-state index contributed by atoms with van der Waals surface area (Å²) in [6.45, 7) is 11.7. The van der Waals surface area contributed by atoms with Gasteiger partial charge >= 0.3 is 0 Å². The molecule has 5 aromatic carbocycles. The smallest absolute Gasteiger partial charge is 0.255 e. The maximum absolute atomic E-state index is 13.6. The monoisotopic (exact) mass is 744 g/mol. The highest BCUT2D eigenvalue weighted by Crippen LogP contribution is 2.43. The number of phenols is 5. The summed E-state index contributed by atoms with van der Waals surface area (Å²) in [5.41, 5.74) is 5.69. The van der Waals surface area contributed by atoms with Gasteiger partial charge in [0.05, 0.1) is 11.1 Å². The quantitative estimate of drug-likeness (QED) is 0.0417. The minimum Gasteiger partial charge on any atom is -0.508 e. The van der Waals surface area contributed by atoms with Crippen LogP contribution in [0.4, 0.5) is 0 Å². The van der Waals surface area contributed by atoms with Gasteiger partial charge in [0, 0.05) is 40.6 Å². The third-order valence-electron chi connectivity index (χ3n) is 9.89. The first-order valence-electron chi connectivity index (χ1n) is 18.3. The SMILES string of the molecule is C=C(O)c1cc(O)c(O)c(C(=O)NCCc2ccc(CC)cc2)c1/C=C(/C)Cc1c(C)cc2c(C(=O)NCCc3ccc(CC)cc3)c(O)c(O)cc2c1O. The zero-order valence-electron chi connectivity index (χ0n) is 31.6. The predicted octanol–water partition coefficient (Wildman–Crippen LogP) is 7.92. The summed E-state index contributed by atoms with van der Waals surface area (Å²) in [5.74, 6) is -4.44. The van der Waals surface area contributed by atoms with Crippen molar-refractivity contribution in [2.45, 2.75) is 59.8 Å². The van der Waals surface area contributed by atoms with Crippen LogP contribution in [-0.4, -0.2) is 55.5 Å². The third kappa shape index (κ3) is 8.87. The predicted molar refractivity (Wildman–Crippen MR) is 216 cm³/mol. The Bertz CT molecular complexity index is 2290. The lowest BCUT2D eigenvalue weighted by molar-refractivity contribution is 0.0943. The van der Waals surface area contributed by atoms with Crippen LogP contribution in [0.2, 0.25) is 0 Å². The van der Waals surface area contributed by atoms with Crippen LogP contribution in [0.3, 0.4) is 0 Å². The molecule has 0 radical (unpaired) electrons. The lowest BCUT2D eigenvalue weighted by Gasteiger charge is -2.18. The fourth-order valence-electron chi connectivity index (χ4n) is 6.69. The number of aryl methyl sites for hydroxylation is 3. The number of nitrogens with one attached hydrogen (secondary N) is 2. The minimum absolute atomic E-state index is 0.0171. The van der Waals surface area contributed by atoms with Gasteiger partial charge in [-0.2, -0.15) is 0 Å². The Balaban J connectivity index is 1.43. The van der Waals surface area contributed by atoms with Crippen LogP contribution in [0.25, 0.3) is 22.6 Å². The second-order valence-electron chi connectivity index (χ2n) is 13.8. The molecule has 0 aliphatic carbocycles. The second-order valence-corrected chi connectivity index (χ2v) is 13.8. The van der Waals surface area contributed by atoms with Crippen molar-refractivity contribution in [2.75, 3.05) is 13.1 Å². The van der Waals surface area contributed by atoms with E-state index in [4.69, 9.17) is 0 Å². The first-order valence-corrected chi connectivity index (χ1v) is 18.3. The highest BCUT2D eigenvalue weighted by atomic mass is 16.3. The first kappa shape index (κ1) is 39.8. The van der Waals surface area contributed by atoms with E-state index in [-0.39, 0.29) is 58.3 Å². The van der Waals surface area contributed by atoms with Crippen LogP contribution in [-0.2, 0) is 32.1 Å². The van der Waals surface area contributed by atoms with E-state index in [0.29, 0.717) is 29.5 Å². The fraction of sp³-hybridized carbons (Fsp3) is 0.244. The van der Waals surface area contributed by atoms with Gasteiger partial charge in [-0.05, 0) is 92.0 Å². The Hall–Kier alpha value is -6.42. The van der Waals surface area contributed by atoms with E-state index in [1.165, 1.54) is 17.2 Å². The van der Waals surface area contributed by atoms with E-state index < -0.39 is 40.6 Å². The van der Waals surface area contributed by atoms with Crippen molar-refractivity contribution >= 4 is 34.4 Å². The number of benzene rings is 5. The molecule has 0 saturated heterocycles. The third-order valence-corrected chi connectivity index (χ3v) is 9.89. The Morgan fingerprint density at radius 1 is 0.673 bits per heavy atom. The lowest BCUT2D eigenvalue weighted by Crippen LogP contribution is -2.27. The van der Waals surface area contributed by atoms with Gasteiger partial charge in [-0.15, -0.1) is 0 Å². The normalized spacial score (nSPS) is 11.5. The van der Waals surface area contributed by atoms with E-state index >= 15 is 0 Å². The largest absolute Gasteiger partial charge is 0.508 e. The number of carbonyl (C=O) groups excluding carboxylic acids is 2. The number of aliphatic hydroxyl groups is 1. The number of allylic oxidation sites excluding steroid dienone is 1. The van der Waals surface area contributed by atoms with Crippen molar-refractivity contribution in [3.05, 3.63) is 135 Å². The van der Waals surface area contributed by atoms with Gasteiger partial charge in [-0.3, -0.25) is 9.59 Å². The summed E-state index contributed by atoms with van der Waals surface area (Å²) in [6, 6.07) is 20.1. The zero-order valence-corrected chi connectivity index (χ0v) is 31.6. The summed E-state index contributed by atoms with van der Waals surface area (Å²) in [6.07, 6.45) is 4.55. The standard InChI is InChI=1S/C45H48N2O8/c1-6-28-8-12-30(13-9-28)16-18-46-44(54)39-34(33(27(5)48)23-37(49)42(39)52)21-25(3)20-32-26(4)22-35-36(41(32)51)24-38(50)43(53)40(35)45(55)47-19-17-31-14-10-29(7-2)11-15-31/h8-15,21-24,48-53H,5-7,16-20H2,1-4H3,(H,46,54)(H,47,55)/b25-21-. The molecule has 286 valence electrons. The molecule has 0 aliphatic heterocycles. The molecule has 0 aromatic heterocycles. The average Bonchev–Trinajstić information content (AvgIpc) is 3.16. The Morgan fingerprint density at radius 3 is 1.65 bits per heavy atom. The number of rotatable bonds is 14. The highest BCUT2D eigenvalue weighted by molar-refractivity contribution is 6.12. The summed E-state index contributed by atoms with van der Waals surface area (Å²) in [4.78, 5) is 27.0. The Kier molecular flexibility index (Phi) is 12.4. The maximum Gasteiger partial charge on any atom is 0.255 e. The molecule has 10 heteroatoms. The summed E-state index contributed by atoms with van der Waals surface area (Å²) >= 11 is 0. The summed E-state index contributed by atoms with van der Waals surface area (Å²) in [5, 5.41) is 71.0. The van der Waals surface area contributed by atoms with Crippen molar-refractivity contribution in [3.63, 3.8) is 0 Å². The number of amides is 2. The number of aliphatic hydroxyl groups excluding tert-OH is 1. The second kappa shape index (κ2) is 17.2. The number of phenolic OH excluding ortho intramolecular Hbond substituents is 5. The molecule has 0 fully saturated rings.